The maximum Gasteiger partial charge on any atom is 0.416 e. The van der Waals surface area contributed by atoms with Crippen LogP contribution >= 0.6 is 12.4 Å². The fraction of sp³-hybridized carbons (Fsp3) is 0.417. The number of benzene rings is 1. The second kappa shape index (κ2) is 7.44. The van der Waals surface area contributed by atoms with E-state index < -0.39 is 23.5 Å². The normalized spacial score (nSPS) is 12.5. The van der Waals surface area contributed by atoms with Crippen molar-refractivity contribution in [3.63, 3.8) is 0 Å². The van der Waals surface area contributed by atoms with Gasteiger partial charge in [-0.2, -0.15) is 13.2 Å². The number of carbonyl (C=O) groups excluding carboxylic acids is 1. The highest BCUT2D eigenvalue weighted by atomic mass is 35.5. The molecular formula is C12H15ClF4N2O. The minimum atomic E-state index is -4.69. The molecule has 1 unspecified atom stereocenters. The Balaban J connectivity index is 0.00000361. The maximum atomic E-state index is 13.1. The third-order valence-corrected chi connectivity index (χ3v) is 2.37. The van der Waals surface area contributed by atoms with Gasteiger partial charge in [0.15, 0.2) is 0 Å². The number of halogens is 5. The van der Waals surface area contributed by atoms with Gasteiger partial charge in [0.25, 0.3) is 5.91 Å². The molecule has 3 nitrogen and oxygen atoms in total. The number of nitrogens with two attached hydrogens (primary N) is 1. The Kier molecular flexibility index (Phi) is 6.95. The predicted octanol–water partition coefficient (Wildman–Crippen LogP) is 2.73. The van der Waals surface area contributed by atoms with E-state index in [-0.39, 0.29) is 30.6 Å². The summed E-state index contributed by atoms with van der Waals surface area (Å²) in [6.45, 7) is 1.95. The molecule has 0 heterocycles. The van der Waals surface area contributed by atoms with Crippen LogP contribution in [0, 0.1) is 5.82 Å². The molecule has 0 aliphatic heterocycles. The van der Waals surface area contributed by atoms with Gasteiger partial charge in [-0.05, 0) is 31.5 Å². The monoisotopic (exact) mass is 314 g/mol. The molecule has 0 aliphatic carbocycles. The Labute approximate surface area is 119 Å². The minimum absolute atomic E-state index is 0. The van der Waals surface area contributed by atoms with Gasteiger partial charge in [0.2, 0.25) is 0 Å². The summed E-state index contributed by atoms with van der Waals surface area (Å²) in [5.74, 6) is -1.86. The summed E-state index contributed by atoms with van der Waals surface area (Å²) >= 11 is 0. The van der Waals surface area contributed by atoms with E-state index in [4.69, 9.17) is 5.73 Å². The van der Waals surface area contributed by atoms with Crippen LogP contribution in [0.4, 0.5) is 17.6 Å². The molecule has 0 fully saturated rings. The standard InChI is InChI=1S/C12H14F4N2O.ClH/c1-7(17)2-3-18-11(19)8-4-9(12(14,15)16)6-10(13)5-8;/h4-7H,2-3,17H2,1H3,(H,18,19);1H. The SMILES string of the molecule is CC(N)CCNC(=O)c1cc(F)cc(C(F)(F)F)c1.Cl. The molecule has 0 saturated heterocycles. The second-order valence-electron chi connectivity index (χ2n) is 4.25. The molecule has 0 radical (unpaired) electrons. The fourth-order valence-electron chi connectivity index (χ4n) is 1.40. The zero-order valence-electron chi connectivity index (χ0n) is 10.6. The Hall–Kier alpha value is -1.34. The Morgan fingerprint density at radius 2 is 1.95 bits per heavy atom. The first-order valence-electron chi connectivity index (χ1n) is 5.61. The van der Waals surface area contributed by atoms with E-state index in [1.807, 2.05) is 0 Å². The van der Waals surface area contributed by atoms with E-state index in [0.717, 1.165) is 6.07 Å². The molecule has 1 aromatic rings. The third-order valence-electron chi connectivity index (χ3n) is 2.37. The van der Waals surface area contributed by atoms with Gasteiger partial charge in [-0.1, -0.05) is 0 Å². The topological polar surface area (TPSA) is 55.1 Å². The lowest BCUT2D eigenvalue weighted by Gasteiger charge is -2.10. The average Bonchev–Trinajstić information content (AvgIpc) is 2.26. The number of alkyl halides is 3. The van der Waals surface area contributed by atoms with E-state index in [1.165, 1.54) is 0 Å². The van der Waals surface area contributed by atoms with E-state index in [2.05, 4.69) is 5.32 Å². The zero-order chi connectivity index (χ0) is 14.6. The summed E-state index contributed by atoms with van der Waals surface area (Å²) in [6.07, 6.45) is -4.21. The van der Waals surface area contributed by atoms with Crippen LogP contribution < -0.4 is 11.1 Å². The van der Waals surface area contributed by atoms with Gasteiger partial charge in [0.1, 0.15) is 5.82 Å². The van der Waals surface area contributed by atoms with E-state index >= 15 is 0 Å². The highest BCUT2D eigenvalue weighted by Gasteiger charge is 2.31. The van der Waals surface area contributed by atoms with Crippen LogP contribution in [0.1, 0.15) is 29.3 Å². The lowest BCUT2D eigenvalue weighted by molar-refractivity contribution is -0.137. The molecule has 0 aliphatic rings. The Morgan fingerprint density at radius 1 is 1.35 bits per heavy atom. The van der Waals surface area contributed by atoms with Crippen molar-refractivity contribution in [1.29, 1.82) is 0 Å². The van der Waals surface area contributed by atoms with Gasteiger partial charge in [-0.15, -0.1) is 12.4 Å². The third kappa shape index (κ3) is 5.75. The van der Waals surface area contributed by atoms with Crippen molar-refractivity contribution in [2.45, 2.75) is 25.6 Å². The van der Waals surface area contributed by atoms with E-state index in [1.54, 1.807) is 6.92 Å². The van der Waals surface area contributed by atoms with Crippen LogP contribution in [0.15, 0.2) is 18.2 Å². The van der Waals surface area contributed by atoms with E-state index in [0.29, 0.717) is 18.6 Å². The first kappa shape index (κ1) is 18.7. The number of carbonyl (C=O) groups is 1. The summed E-state index contributed by atoms with van der Waals surface area (Å²) in [5, 5.41) is 2.38. The highest BCUT2D eigenvalue weighted by Crippen LogP contribution is 2.30. The molecule has 0 aromatic heterocycles. The average molecular weight is 315 g/mol. The number of hydrogen-bond donors (Lipinski definition) is 2. The zero-order valence-corrected chi connectivity index (χ0v) is 11.4. The molecule has 1 amide bonds. The number of hydrogen-bond acceptors (Lipinski definition) is 2. The number of nitrogens with one attached hydrogen (secondary N) is 1. The van der Waals surface area contributed by atoms with Crippen LogP contribution in [0.5, 0.6) is 0 Å². The van der Waals surface area contributed by atoms with Crippen LogP contribution in [0.25, 0.3) is 0 Å². The van der Waals surface area contributed by atoms with Crippen LogP contribution in [-0.2, 0) is 6.18 Å². The number of rotatable bonds is 4. The highest BCUT2D eigenvalue weighted by molar-refractivity contribution is 5.94. The minimum Gasteiger partial charge on any atom is -0.352 e. The molecule has 1 aromatic carbocycles. The van der Waals surface area contributed by atoms with Gasteiger partial charge in [0.05, 0.1) is 5.56 Å². The molecule has 8 heteroatoms. The van der Waals surface area contributed by atoms with Crippen molar-refractivity contribution in [3.05, 3.63) is 35.1 Å². The van der Waals surface area contributed by atoms with Crippen molar-refractivity contribution in [2.24, 2.45) is 5.73 Å². The molecular weight excluding hydrogens is 300 g/mol. The lowest BCUT2D eigenvalue weighted by Crippen LogP contribution is -2.29. The smallest absolute Gasteiger partial charge is 0.352 e. The van der Waals surface area contributed by atoms with E-state index in [9.17, 15) is 22.4 Å². The first-order valence-corrected chi connectivity index (χ1v) is 5.61. The Morgan fingerprint density at radius 3 is 2.45 bits per heavy atom. The van der Waals surface area contributed by atoms with Gasteiger partial charge >= 0.3 is 6.18 Å². The van der Waals surface area contributed by atoms with Crippen molar-refractivity contribution in [3.8, 4) is 0 Å². The largest absolute Gasteiger partial charge is 0.416 e. The van der Waals surface area contributed by atoms with Crippen molar-refractivity contribution in [1.82, 2.24) is 5.32 Å². The van der Waals surface area contributed by atoms with Crippen molar-refractivity contribution >= 4 is 18.3 Å². The molecule has 3 N–H and O–H groups in total. The predicted molar refractivity (Wildman–Crippen MR) is 69.2 cm³/mol. The summed E-state index contributed by atoms with van der Waals surface area (Å²) in [4.78, 5) is 11.6. The van der Waals surface area contributed by atoms with Crippen molar-refractivity contribution in [2.75, 3.05) is 6.54 Å². The van der Waals surface area contributed by atoms with Crippen LogP contribution in [0.2, 0.25) is 0 Å². The van der Waals surface area contributed by atoms with Crippen LogP contribution in [0.3, 0.4) is 0 Å². The van der Waals surface area contributed by atoms with Gasteiger partial charge in [-0.3, -0.25) is 4.79 Å². The van der Waals surface area contributed by atoms with Crippen molar-refractivity contribution < 1.29 is 22.4 Å². The molecule has 1 rings (SSSR count). The summed E-state index contributed by atoms with van der Waals surface area (Å²) in [6, 6.07) is 1.58. The summed E-state index contributed by atoms with van der Waals surface area (Å²) < 4.78 is 50.4. The first-order chi connectivity index (χ1) is 8.70. The van der Waals surface area contributed by atoms with Gasteiger partial charge < -0.3 is 11.1 Å². The van der Waals surface area contributed by atoms with Gasteiger partial charge in [0, 0.05) is 18.2 Å². The second-order valence-corrected chi connectivity index (χ2v) is 4.25. The molecule has 0 saturated carbocycles. The molecule has 0 bridgehead atoms. The Bertz CT molecular complexity index is 463. The molecule has 20 heavy (non-hydrogen) atoms. The molecule has 1 atom stereocenters. The number of amides is 1. The molecule has 0 spiro atoms. The molecule has 114 valence electrons. The lowest BCUT2D eigenvalue weighted by atomic mass is 10.1. The fourth-order valence-corrected chi connectivity index (χ4v) is 1.40. The van der Waals surface area contributed by atoms with Gasteiger partial charge in [-0.25, -0.2) is 4.39 Å². The summed E-state index contributed by atoms with van der Waals surface area (Å²) in [7, 11) is 0. The maximum absolute atomic E-state index is 13.1. The quantitative estimate of drug-likeness (QED) is 0.840. The summed E-state index contributed by atoms with van der Waals surface area (Å²) in [5.41, 5.74) is 3.91. The van der Waals surface area contributed by atoms with Crippen LogP contribution in [-0.4, -0.2) is 18.5 Å².